The zero-order chi connectivity index (χ0) is 16.3. The average Bonchev–Trinajstić information content (AvgIpc) is 2.53. The summed E-state index contributed by atoms with van der Waals surface area (Å²) in [4.78, 5) is 14.8. The van der Waals surface area contributed by atoms with E-state index in [0.29, 0.717) is 11.6 Å². The van der Waals surface area contributed by atoms with Crippen LogP contribution in [0.1, 0.15) is 32.1 Å². The van der Waals surface area contributed by atoms with Gasteiger partial charge in [-0.25, -0.2) is 0 Å². The fourth-order valence-electron chi connectivity index (χ4n) is 3.52. The standard InChI is InChI=1S/C18H24ClNO3/c1-22-13-18(9-2-10-18)17(21)20-11-7-16(8-12-20)23-15-5-3-14(19)4-6-15/h3-6,16H,2,7-13H2,1H3. The van der Waals surface area contributed by atoms with Gasteiger partial charge in [0.2, 0.25) is 5.91 Å². The molecule has 23 heavy (non-hydrogen) atoms. The van der Waals surface area contributed by atoms with Crippen LogP contribution in [0.2, 0.25) is 5.02 Å². The number of hydrogen-bond donors (Lipinski definition) is 0. The van der Waals surface area contributed by atoms with Crippen LogP contribution in [0.3, 0.4) is 0 Å². The van der Waals surface area contributed by atoms with E-state index in [2.05, 4.69) is 0 Å². The Balaban J connectivity index is 1.52. The van der Waals surface area contributed by atoms with Gasteiger partial charge in [-0.15, -0.1) is 0 Å². The van der Waals surface area contributed by atoms with E-state index in [9.17, 15) is 4.79 Å². The Morgan fingerprint density at radius 2 is 1.91 bits per heavy atom. The molecule has 2 aliphatic rings. The number of likely N-dealkylation sites (tertiary alicyclic amines) is 1. The second kappa shape index (κ2) is 7.10. The minimum Gasteiger partial charge on any atom is -0.490 e. The van der Waals surface area contributed by atoms with Crippen LogP contribution in [0.5, 0.6) is 5.75 Å². The molecule has 1 aromatic carbocycles. The largest absolute Gasteiger partial charge is 0.490 e. The lowest BCUT2D eigenvalue weighted by Gasteiger charge is -2.44. The number of ether oxygens (including phenoxy) is 2. The van der Waals surface area contributed by atoms with Crippen LogP contribution in [-0.2, 0) is 9.53 Å². The quantitative estimate of drug-likeness (QED) is 0.825. The first-order chi connectivity index (χ1) is 11.1. The normalized spacial score (nSPS) is 20.9. The summed E-state index contributed by atoms with van der Waals surface area (Å²) < 4.78 is 11.3. The molecule has 1 saturated heterocycles. The van der Waals surface area contributed by atoms with Crippen molar-refractivity contribution in [3.63, 3.8) is 0 Å². The van der Waals surface area contributed by atoms with Crippen molar-refractivity contribution in [2.75, 3.05) is 26.8 Å². The van der Waals surface area contributed by atoms with Crippen molar-refractivity contribution in [3.05, 3.63) is 29.3 Å². The number of methoxy groups -OCH3 is 1. The average molecular weight is 338 g/mol. The SMILES string of the molecule is COCC1(C(=O)N2CCC(Oc3ccc(Cl)cc3)CC2)CCC1. The molecule has 1 heterocycles. The molecule has 0 bridgehead atoms. The van der Waals surface area contributed by atoms with Gasteiger partial charge in [-0.2, -0.15) is 0 Å². The van der Waals surface area contributed by atoms with Gasteiger partial charge in [0.25, 0.3) is 0 Å². The maximum Gasteiger partial charge on any atom is 0.231 e. The molecule has 1 amide bonds. The number of piperidine rings is 1. The molecule has 0 aromatic heterocycles. The summed E-state index contributed by atoms with van der Waals surface area (Å²) in [5, 5.41) is 0.710. The molecule has 1 aliphatic heterocycles. The Kier molecular flexibility index (Phi) is 5.12. The molecule has 0 unspecified atom stereocenters. The Labute approximate surface area is 142 Å². The molecule has 3 rings (SSSR count). The van der Waals surface area contributed by atoms with Crippen LogP contribution in [0.15, 0.2) is 24.3 Å². The lowest BCUT2D eigenvalue weighted by molar-refractivity contribution is -0.154. The van der Waals surface area contributed by atoms with Gasteiger partial charge in [0.1, 0.15) is 11.9 Å². The van der Waals surface area contributed by atoms with E-state index in [-0.39, 0.29) is 17.4 Å². The summed E-state index contributed by atoms with van der Waals surface area (Å²) in [6.07, 6.45) is 4.96. The van der Waals surface area contributed by atoms with Crippen LogP contribution >= 0.6 is 11.6 Å². The van der Waals surface area contributed by atoms with Gasteiger partial charge < -0.3 is 14.4 Å². The van der Waals surface area contributed by atoms with Crippen LogP contribution in [0.25, 0.3) is 0 Å². The minimum absolute atomic E-state index is 0.167. The Hall–Kier alpha value is -1.26. The highest BCUT2D eigenvalue weighted by atomic mass is 35.5. The molecule has 126 valence electrons. The van der Waals surface area contributed by atoms with Gasteiger partial charge in [-0.1, -0.05) is 18.0 Å². The fourth-order valence-corrected chi connectivity index (χ4v) is 3.64. The van der Waals surface area contributed by atoms with Gasteiger partial charge in [0, 0.05) is 38.1 Å². The Morgan fingerprint density at radius 1 is 1.26 bits per heavy atom. The molecule has 1 aromatic rings. The molecular weight excluding hydrogens is 314 g/mol. The lowest BCUT2D eigenvalue weighted by Crippen LogP contribution is -2.53. The monoisotopic (exact) mass is 337 g/mol. The predicted octanol–water partition coefficient (Wildman–Crippen LogP) is 3.53. The van der Waals surface area contributed by atoms with Crippen molar-refractivity contribution >= 4 is 17.5 Å². The fraction of sp³-hybridized carbons (Fsp3) is 0.611. The maximum atomic E-state index is 12.8. The van der Waals surface area contributed by atoms with Crippen LogP contribution in [-0.4, -0.2) is 43.7 Å². The van der Waals surface area contributed by atoms with Crippen LogP contribution in [0, 0.1) is 5.41 Å². The van der Waals surface area contributed by atoms with Crippen molar-refractivity contribution in [1.29, 1.82) is 0 Å². The van der Waals surface area contributed by atoms with Gasteiger partial charge >= 0.3 is 0 Å². The summed E-state index contributed by atoms with van der Waals surface area (Å²) in [7, 11) is 1.68. The van der Waals surface area contributed by atoms with Crippen molar-refractivity contribution in [2.24, 2.45) is 5.41 Å². The first-order valence-corrected chi connectivity index (χ1v) is 8.71. The number of carbonyl (C=O) groups is 1. The number of hydrogen-bond acceptors (Lipinski definition) is 3. The second-order valence-corrected chi connectivity index (χ2v) is 7.07. The van der Waals surface area contributed by atoms with E-state index in [0.717, 1.165) is 50.9 Å². The number of benzene rings is 1. The van der Waals surface area contributed by atoms with Crippen LogP contribution < -0.4 is 4.74 Å². The lowest BCUT2D eigenvalue weighted by atomic mass is 9.68. The summed E-state index contributed by atoms with van der Waals surface area (Å²) in [6, 6.07) is 7.45. The van der Waals surface area contributed by atoms with Crippen molar-refractivity contribution in [2.45, 2.75) is 38.2 Å². The van der Waals surface area contributed by atoms with Gasteiger partial charge in [-0.3, -0.25) is 4.79 Å². The highest BCUT2D eigenvalue weighted by Gasteiger charge is 2.46. The molecule has 2 fully saturated rings. The molecule has 0 atom stereocenters. The van der Waals surface area contributed by atoms with Crippen molar-refractivity contribution in [1.82, 2.24) is 4.90 Å². The summed E-state index contributed by atoms with van der Waals surface area (Å²) >= 11 is 5.89. The third-order valence-corrected chi connectivity index (χ3v) is 5.28. The van der Waals surface area contributed by atoms with E-state index >= 15 is 0 Å². The molecule has 4 nitrogen and oxygen atoms in total. The molecule has 0 N–H and O–H groups in total. The van der Waals surface area contributed by atoms with E-state index < -0.39 is 0 Å². The third kappa shape index (κ3) is 3.64. The summed E-state index contributed by atoms with van der Waals surface area (Å²) in [5.74, 6) is 1.12. The van der Waals surface area contributed by atoms with E-state index in [1.165, 1.54) is 0 Å². The zero-order valence-corrected chi connectivity index (χ0v) is 14.3. The smallest absolute Gasteiger partial charge is 0.231 e. The predicted molar refractivity (Wildman–Crippen MR) is 89.8 cm³/mol. The molecule has 0 spiro atoms. The van der Waals surface area contributed by atoms with E-state index in [1.54, 1.807) is 7.11 Å². The second-order valence-electron chi connectivity index (χ2n) is 6.63. The Bertz CT molecular complexity index is 534. The molecule has 5 heteroatoms. The first kappa shape index (κ1) is 16.6. The third-order valence-electron chi connectivity index (χ3n) is 5.03. The van der Waals surface area contributed by atoms with Gasteiger partial charge in [0.15, 0.2) is 0 Å². The first-order valence-electron chi connectivity index (χ1n) is 8.33. The van der Waals surface area contributed by atoms with E-state index in [4.69, 9.17) is 21.1 Å². The van der Waals surface area contributed by atoms with Gasteiger partial charge in [0.05, 0.1) is 12.0 Å². The highest BCUT2D eigenvalue weighted by Crippen LogP contribution is 2.43. The number of nitrogens with zero attached hydrogens (tertiary/aromatic N) is 1. The van der Waals surface area contributed by atoms with Crippen molar-refractivity contribution < 1.29 is 14.3 Å². The molecular formula is C18H24ClNO3. The molecule has 1 saturated carbocycles. The summed E-state index contributed by atoms with van der Waals surface area (Å²) in [5.41, 5.74) is -0.251. The number of halogens is 1. The van der Waals surface area contributed by atoms with Crippen LogP contribution in [0.4, 0.5) is 0 Å². The topological polar surface area (TPSA) is 38.8 Å². The number of carbonyl (C=O) groups excluding carboxylic acids is 1. The summed E-state index contributed by atoms with van der Waals surface area (Å²) in [6.45, 7) is 2.08. The Morgan fingerprint density at radius 3 is 2.43 bits per heavy atom. The number of amides is 1. The zero-order valence-electron chi connectivity index (χ0n) is 13.6. The molecule has 0 radical (unpaired) electrons. The molecule has 1 aliphatic carbocycles. The maximum absolute atomic E-state index is 12.8. The minimum atomic E-state index is -0.251. The number of rotatable bonds is 5. The van der Waals surface area contributed by atoms with Gasteiger partial charge in [-0.05, 0) is 37.1 Å². The van der Waals surface area contributed by atoms with E-state index in [1.807, 2.05) is 29.2 Å². The highest BCUT2D eigenvalue weighted by molar-refractivity contribution is 6.30. The van der Waals surface area contributed by atoms with Crippen molar-refractivity contribution in [3.8, 4) is 5.75 Å².